The lowest BCUT2D eigenvalue weighted by atomic mass is 10.0. The number of rotatable bonds is 6. The molecule has 1 amide bonds. The summed E-state index contributed by atoms with van der Waals surface area (Å²) >= 11 is 12.0. The molecule has 134 valence electrons. The van der Waals surface area contributed by atoms with Crippen molar-refractivity contribution in [3.63, 3.8) is 0 Å². The number of carbonyl (C=O) groups is 1. The SMILES string of the molecule is CN(C)c1ccc([C@@H](CNC(=O)c2ccc(Cl)cc2Cl)[NH+](C)C)cc1. The van der Waals surface area contributed by atoms with Gasteiger partial charge in [0.05, 0.1) is 31.2 Å². The summed E-state index contributed by atoms with van der Waals surface area (Å²) in [4.78, 5) is 15.7. The van der Waals surface area contributed by atoms with Gasteiger partial charge < -0.3 is 15.1 Å². The van der Waals surface area contributed by atoms with Crippen LogP contribution in [0.15, 0.2) is 42.5 Å². The third-order valence-electron chi connectivity index (χ3n) is 4.15. The van der Waals surface area contributed by atoms with Crippen LogP contribution in [0.2, 0.25) is 10.0 Å². The Morgan fingerprint density at radius 1 is 1.12 bits per heavy atom. The van der Waals surface area contributed by atoms with Gasteiger partial charge in [0.2, 0.25) is 0 Å². The second kappa shape index (κ2) is 8.56. The number of carbonyl (C=O) groups excluding carboxylic acids is 1. The van der Waals surface area contributed by atoms with Crippen LogP contribution >= 0.6 is 23.2 Å². The summed E-state index contributed by atoms with van der Waals surface area (Å²) in [6.07, 6.45) is 0. The highest BCUT2D eigenvalue weighted by atomic mass is 35.5. The molecule has 0 aliphatic carbocycles. The first-order valence-electron chi connectivity index (χ1n) is 8.10. The van der Waals surface area contributed by atoms with Gasteiger partial charge in [0.1, 0.15) is 6.04 Å². The first kappa shape index (κ1) is 19.6. The van der Waals surface area contributed by atoms with E-state index in [4.69, 9.17) is 23.2 Å². The van der Waals surface area contributed by atoms with Crippen LogP contribution in [-0.4, -0.2) is 40.6 Å². The average Bonchev–Trinajstić information content (AvgIpc) is 2.55. The lowest BCUT2D eigenvalue weighted by Crippen LogP contribution is -3.07. The van der Waals surface area contributed by atoms with Crippen molar-refractivity contribution in [1.29, 1.82) is 0 Å². The average molecular weight is 381 g/mol. The van der Waals surface area contributed by atoms with Gasteiger partial charge in [-0.25, -0.2) is 0 Å². The highest BCUT2D eigenvalue weighted by Gasteiger charge is 2.20. The molecular weight excluding hydrogens is 357 g/mol. The first-order valence-corrected chi connectivity index (χ1v) is 8.85. The standard InChI is InChI=1S/C19H23Cl2N3O/c1-23(2)15-8-5-13(6-9-15)18(24(3)4)12-22-19(25)16-10-7-14(20)11-17(16)21/h5-11,18H,12H2,1-4H3,(H,22,25)/p+1/t18-/m1/s1. The molecule has 2 aromatic carbocycles. The van der Waals surface area contributed by atoms with Gasteiger partial charge >= 0.3 is 0 Å². The third kappa shape index (κ3) is 5.11. The molecule has 1 atom stereocenters. The molecule has 0 saturated carbocycles. The maximum absolute atomic E-state index is 12.4. The van der Waals surface area contributed by atoms with Gasteiger partial charge in [-0.3, -0.25) is 4.79 Å². The van der Waals surface area contributed by atoms with E-state index in [1.54, 1.807) is 18.2 Å². The van der Waals surface area contributed by atoms with Crippen molar-refractivity contribution in [3.8, 4) is 0 Å². The molecule has 0 fully saturated rings. The quantitative estimate of drug-likeness (QED) is 0.808. The number of hydrogen-bond donors (Lipinski definition) is 2. The molecule has 0 aliphatic heterocycles. The lowest BCUT2D eigenvalue weighted by Gasteiger charge is -2.23. The van der Waals surface area contributed by atoms with E-state index in [9.17, 15) is 4.79 Å². The lowest BCUT2D eigenvalue weighted by molar-refractivity contribution is -0.890. The topological polar surface area (TPSA) is 36.8 Å². The zero-order valence-electron chi connectivity index (χ0n) is 14.9. The van der Waals surface area contributed by atoms with Crippen LogP contribution in [-0.2, 0) is 0 Å². The van der Waals surface area contributed by atoms with Crippen molar-refractivity contribution in [3.05, 3.63) is 63.6 Å². The van der Waals surface area contributed by atoms with Crippen LogP contribution in [0.25, 0.3) is 0 Å². The molecule has 0 saturated heterocycles. The van der Waals surface area contributed by atoms with Gasteiger partial charge in [-0.15, -0.1) is 0 Å². The Morgan fingerprint density at radius 3 is 2.28 bits per heavy atom. The fourth-order valence-corrected chi connectivity index (χ4v) is 3.12. The van der Waals surface area contributed by atoms with Crippen molar-refractivity contribution >= 4 is 34.8 Å². The van der Waals surface area contributed by atoms with Crippen LogP contribution in [0.5, 0.6) is 0 Å². The first-order chi connectivity index (χ1) is 11.8. The predicted octanol–water partition coefficient (Wildman–Crippen LogP) is 2.68. The van der Waals surface area contributed by atoms with Crippen molar-refractivity contribution in [1.82, 2.24) is 5.32 Å². The summed E-state index contributed by atoms with van der Waals surface area (Å²) < 4.78 is 0. The molecule has 25 heavy (non-hydrogen) atoms. The highest BCUT2D eigenvalue weighted by molar-refractivity contribution is 6.36. The number of nitrogens with one attached hydrogen (secondary N) is 2. The van der Waals surface area contributed by atoms with Crippen LogP contribution in [0.4, 0.5) is 5.69 Å². The molecule has 0 bridgehead atoms. The molecule has 0 aromatic heterocycles. The molecule has 2 N–H and O–H groups in total. The monoisotopic (exact) mass is 380 g/mol. The van der Waals surface area contributed by atoms with Crippen LogP contribution in [0, 0.1) is 0 Å². The Hall–Kier alpha value is -1.75. The third-order valence-corrected chi connectivity index (χ3v) is 4.70. The van der Waals surface area contributed by atoms with Gasteiger partial charge in [0, 0.05) is 30.4 Å². The van der Waals surface area contributed by atoms with Crippen molar-refractivity contribution < 1.29 is 9.69 Å². The number of nitrogens with zero attached hydrogens (tertiary/aromatic N) is 1. The molecule has 2 aromatic rings. The van der Waals surface area contributed by atoms with Crippen molar-refractivity contribution in [2.24, 2.45) is 0 Å². The molecular formula is C19H24Cl2N3O+. The highest BCUT2D eigenvalue weighted by Crippen LogP contribution is 2.21. The Labute approximate surface area is 159 Å². The Balaban J connectivity index is 2.10. The number of benzene rings is 2. The molecule has 4 nitrogen and oxygen atoms in total. The Kier molecular flexibility index (Phi) is 6.71. The molecule has 0 radical (unpaired) electrons. The summed E-state index contributed by atoms with van der Waals surface area (Å²) in [5.74, 6) is -0.196. The summed E-state index contributed by atoms with van der Waals surface area (Å²) in [5, 5.41) is 3.85. The van der Waals surface area contributed by atoms with Crippen LogP contribution in [0.3, 0.4) is 0 Å². The number of amides is 1. The van der Waals surface area contributed by atoms with Crippen LogP contribution < -0.4 is 15.1 Å². The van der Waals surface area contributed by atoms with Crippen molar-refractivity contribution in [2.75, 3.05) is 39.6 Å². The molecule has 2 rings (SSSR count). The number of quaternary nitrogens is 1. The maximum atomic E-state index is 12.4. The summed E-state index contributed by atoms with van der Waals surface area (Å²) in [6, 6.07) is 13.4. The number of anilines is 1. The number of hydrogen-bond acceptors (Lipinski definition) is 2. The zero-order valence-corrected chi connectivity index (χ0v) is 16.4. The second-order valence-corrected chi connectivity index (χ2v) is 7.29. The maximum Gasteiger partial charge on any atom is 0.253 e. The van der Waals surface area contributed by atoms with Gasteiger partial charge in [-0.05, 0) is 30.3 Å². The Morgan fingerprint density at radius 2 is 1.76 bits per heavy atom. The largest absolute Gasteiger partial charge is 0.378 e. The van der Waals surface area contributed by atoms with E-state index in [2.05, 4.69) is 48.6 Å². The molecule has 6 heteroatoms. The molecule has 0 unspecified atom stereocenters. The van der Waals surface area contributed by atoms with E-state index in [0.717, 1.165) is 5.69 Å². The fraction of sp³-hybridized carbons (Fsp3) is 0.316. The molecule has 0 spiro atoms. The summed E-state index contributed by atoms with van der Waals surface area (Å²) in [7, 11) is 8.18. The van der Waals surface area contributed by atoms with E-state index in [1.165, 1.54) is 10.5 Å². The minimum atomic E-state index is -0.196. The van der Waals surface area contributed by atoms with E-state index < -0.39 is 0 Å². The van der Waals surface area contributed by atoms with Gasteiger partial charge in [-0.2, -0.15) is 0 Å². The van der Waals surface area contributed by atoms with E-state index in [1.807, 2.05) is 14.1 Å². The zero-order chi connectivity index (χ0) is 18.6. The van der Waals surface area contributed by atoms with Gasteiger partial charge in [0.25, 0.3) is 5.91 Å². The smallest absolute Gasteiger partial charge is 0.253 e. The van der Waals surface area contributed by atoms with Gasteiger partial charge in [0.15, 0.2) is 0 Å². The molecule has 0 aliphatic rings. The normalized spacial score (nSPS) is 12.1. The van der Waals surface area contributed by atoms with E-state index in [-0.39, 0.29) is 11.9 Å². The summed E-state index contributed by atoms with van der Waals surface area (Å²) in [6.45, 7) is 0.515. The predicted molar refractivity (Wildman–Crippen MR) is 105 cm³/mol. The minimum absolute atomic E-state index is 0.145. The Bertz CT molecular complexity index is 730. The summed E-state index contributed by atoms with van der Waals surface area (Å²) in [5.41, 5.74) is 2.75. The second-order valence-electron chi connectivity index (χ2n) is 6.45. The van der Waals surface area contributed by atoms with Crippen molar-refractivity contribution in [2.45, 2.75) is 6.04 Å². The van der Waals surface area contributed by atoms with Gasteiger partial charge in [-0.1, -0.05) is 35.3 Å². The van der Waals surface area contributed by atoms with E-state index >= 15 is 0 Å². The number of likely N-dealkylation sites (N-methyl/N-ethyl adjacent to an activating group) is 1. The number of halogens is 2. The molecule has 0 heterocycles. The minimum Gasteiger partial charge on any atom is -0.378 e. The fourth-order valence-electron chi connectivity index (χ4n) is 2.62. The van der Waals surface area contributed by atoms with E-state index in [0.29, 0.717) is 22.2 Å². The van der Waals surface area contributed by atoms with Crippen LogP contribution in [0.1, 0.15) is 22.0 Å².